The lowest BCUT2D eigenvalue weighted by molar-refractivity contribution is -0.136. The molecule has 2 saturated carbocycles. The third kappa shape index (κ3) is 0.899. The molecule has 0 amide bonds. The Bertz CT molecular complexity index is 351. The molecule has 0 aliphatic heterocycles. The highest BCUT2D eigenvalue weighted by Crippen LogP contribution is 2.60. The Morgan fingerprint density at radius 3 is 2.92 bits per heavy atom. The number of rotatable bonds is 1. The maximum atomic E-state index is 13.1. The number of alkyl halides is 1. The summed E-state index contributed by atoms with van der Waals surface area (Å²) in [5.41, 5.74) is 0.0723. The number of aromatic nitrogens is 2. The van der Waals surface area contributed by atoms with Crippen LogP contribution in [-0.2, 0) is 5.54 Å². The fourth-order valence-corrected chi connectivity index (χ4v) is 3.05. The molecule has 0 saturated heterocycles. The minimum Gasteiger partial charge on any atom is -0.265 e. The second kappa shape index (κ2) is 2.46. The average molecular weight is 292 g/mol. The first-order valence-corrected chi connectivity index (χ1v) is 5.65. The van der Waals surface area contributed by atoms with E-state index in [0.29, 0.717) is 6.42 Å². The summed E-state index contributed by atoms with van der Waals surface area (Å²) in [4.78, 5) is 0. The Balaban J connectivity index is 1.94. The fourth-order valence-electron chi connectivity index (χ4n) is 2.66. The van der Waals surface area contributed by atoms with E-state index in [1.807, 2.05) is 17.1 Å². The predicted molar refractivity (Wildman–Crippen MR) is 55.2 cm³/mol. The van der Waals surface area contributed by atoms with Crippen LogP contribution in [0, 0.1) is 9.49 Å². The smallest absolute Gasteiger partial charge is 0.108 e. The van der Waals surface area contributed by atoms with Crippen molar-refractivity contribution in [2.45, 2.75) is 31.0 Å². The van der Waals surface area contributed by atoms with Crippen LogP contribution >= 0.6 is 22.6 Å². The van der Waals surface area contributed by atoms with Gasteiger partial charge in [0, 0.05) is 18.5 Å². The van der Waals surface area contributed by atoms with Crippen molar-refractivity contribution in [3.63, 3.8) is 0 Å². The molecule has 1 aromatic heterocycles. The Morgan fingerprint density at radius 2 is 2.54 bits per heavy atom. The van der Waals surface area contributed by atoms with Crippen LogP contribution in [0.1, 0.15) is 19.3 Å². The zero-order valence-corrected chi connectivity index (χ0v) is 9.24. The molecule has 2 aliphatic rings. The second-order valence-corrected chi connectivity index (χ2v) is 5.32. The summed E-state index contributed by atoms with van der Waals surface area (Å²) < 4.78 is 16.2. The normalized spacial score (nSPS) is 42.0. The van der Waals surface area contributed by atoms with Gasteiger partial charge in [0.15, 0.2) is 0 Å². The van der Waals surface area contributed by atoms with Crippen molar-refractivity contribution in [1.82, 2.24) is 9.78 Å². The Kier molecular flexibility index (Phi) is 1.55. The van der Waals surface area contributed by atoms with E-state index >= 15 is 0 Å². The van der Waals surface area contributed by atoms with Crippen LogP contribution < -0.4 is 0 Å². The van der Waals surface area contributed by atoms with Gasteiger partial charge in [-0.1, -0.05) is 0 Å². The van der Waals surface area contributed by atoms with E-state index < -0.39 is 6.17 Å². The average Bonchev–Trinajstić information content (AvgIpc) is 2.46. The van der Waals surface area contributed by atoms with Crippen molar-refractivity contribution in [2.24, 2.45) is 5.92 Å². The molecule has 2 aliphatic carbocycles. The number of halogens is 2. The second-order valence-electron chi connectivity index (χ2n) is 4.07. The van der Waals surface area contributed by atoms with Crippen LogP contribution in [0.25, 0.3) is 0 Å². The van der Waals surface area contributed by atoms with Crippen molar-refractivity contribution < 1.29 is 4.39 Å². The summed E-state index contributed by atoms with van der Waals surface area (Å²) >= 11 is 2.24. The van der Waals surface area contributed by atoms with Crippen molar-refractivity contribution in [3.8, 4) is 0 Å². The number of hydrogen-bond acceptors (Lipinski definition) is 1. The van der Waals surface area contributed by atoms with Crippen LogP contribution in [0.5, 0.6) is 0 Å². The van der Waals surface area contributed by atoms with E-state index in [9.17, 15) is 4.39 Å². The van der Waals surface area contributed by atoms with E-state index in [1.54, 1.807) is 0 Å². The molecule has 70 valence electrons. The topological polar surface area (TPSA) is 17.8 Å². The lowest BCUT2D eigenvalue weighted by atomic mass is 9.52. The Labute approximate surface area is 89.6 Å². The molecule has 1 aromatic rings. The van der Waals surface area contributed by atoms with Crippen LogP contribution in [0.2, 0.25) is 0 Å². The molecule has 3 rings (SSSR count). The van der Waals surface area contributed by atoms with Gasteiger partial charge in [-0.25, -0.2) is 4.39 Å². The van der Waals surface area contributed by atoms with Crippen molar-refractivity contribution >= 4 is 22.6 Å². The maximum absolute atomic E-state index is 13.1. The molecule has 3 atom stereocenters. The van der Waals surface area contributed by atoms with Gasteiger partial charge in [0.05, 0.1) is 15.3 Å². The monoisotopic (exact) mass is 292 g/mol. The van der Waals surface area contributed by atoms with Gasteiger partial charge in [0.2, 0.25) is 0 Å². The highest BCUT2D eigenvalue weighted by molar-refractivity contribution is 14.1. The van der Waals surface area contributed by atoms with Crippen LogP contribution in [-0.4, -0.2) is 16.0 Å². The summed E-state index contributed by atoms with van der Waals surface area (Å²) in [6.45, 7) is 0. The molecular weight excluding hydrogens is 282 g/mol. The van der Waals surface area contributed by atoms with E-state index in [0.717, 1.165) is 16.4 Å². The van der Waals surface area contributed by atoms with E-state index in [2.05, 4.69) is 27.7 Å². The van der Waals surface area contributed by atoms with Crippen molar-refractivity contribution in [2.75, 3.05) is 0 Å². The van der Waals surface area contributed by atoms with Crippen LogP contribution in [0.15, 0.2) is 12.4 Å². The first-order valence-electron chi connectivity index (χ1n) is 4.57. The molecule has 2 fully saturated rings. The molecule has 0 aromatic carbocycles. The third-order valence-corrected chi connectivity index (χ3v) is 4.13. The molecule has 4 heteroatoms. The highest BCUT2D eigenvalue weighted by Gasteiger charge is 2.62. The summed E-state index contributed by atoms with van der Waals surface area (Å²) in [5, 5.41) is 4.29. The molecule has 0 N–H and O–H groups in total. The maximum Gasteiger partial charge on any atom is 0.108 e. The lowest BCUT2D eigenvalue weighted by Gasteiger charge is -2.60. The summed E-state index contributed by atoms with van der Waals surface area (Å²) in [5.74, 6) is 0.253. The minimum atomic E-state index is -0.574. The largest absolute Gasteiger partial charge is 0.265 e. The molecule has 3 unspecified atom stereocenters. The third-order valence-electron chi connectivity index (χ3n) is 3.57. The zero-order chi connectivity index (χ0) is 9.05. The summed E-state index contributed by atoms with van der Waals surface area (Å²) in [7, 11) is 0. The Hall–Kier alpha value is -0.130. The summed E-state index contributed by atoms with van der Waals surface area (Å²) in [6, 6.07) is 0. The van der Waals surface area contributed by atoms with Crippen LogP contribution in [0.3, 0.4) is 0 Å². The Morgan fingerprint density at radius 1 is 1.69 bits per heavy atom. The predicted octanol–water partition coefficient (Wildman–Crippen LogP) is 2.33. The number of nitrogens with zero attached hydrogens (tertiary/aromatic N) is 2. The van der Waals surface area contributed by atoms with Gasteiger partial charge in [0.1, 0.15) is 6.17 Å². The minimum absolute atomic E-state index is 0.0723. The molecule has 0 spiro atoms. The number of fused-ring (bicyclic) bond motifs is 1. The molecule has 1 heterocycles. The van der Waals surface area contributed by atoms with E-state index in [-0.39, 0.29) is 11.5 Å². The van der Waals surface area contributed by atoms with Gasteiger partial charge in [0.25, 0.3) is 0 Å². The van der Waals surface area contributed by atoms with Gasteiger partial charge in [-0.15, -0.1) is 0 Å². The van der Waals surface area contributed by atoms with Gasteiger partial charge >= 0.3 is 0 Å². The van der Waals surface area contributed by atoms with Crippen molar-refractivity contribution in [1.29, 1.82) is 0 Å². The van der Waals surface area contributed by atoms with Gasteiger partial charge < -0.3 is 0 Å². The standard InChI is InChI=1S/C9H10FIN2/c10-8-3-9(2-1-7(8)9)13-5-6(11)4-12-13/h4-5,7-8H,1-3H2. The van der Waals surface area contributed by atoms with Gasteiger partial charge in [-0.05, 0) is 35.4 Å². The molecule has 13 heavy (non-hydrogen) atoms. The first-order chi connectivity index (χ1) is 6.22. The van der Waals surface area contributed by atoms with Crippen molar-refractivity contribution in [3.05, 3.63) is 16.0 Å². The SMILES string of the molecule is FC1CC2(n3cc(I)cn3)CCC12. The highest BCUT2D eigenvalue weighted by atomic mass is 127. The molecule has 0 bridgehead atoms. The zero-order valence-electron chi connectivity index (χ0n) is 7.08. The van der Waals surface area contributed by atoms with Gasteiger partial charge in [-0.3, -0.25) is 4.68 Å². The van der Waals surface area contributed by atoms with Gasteiger partial charge in [-0.2, -0.15) is 5.10 Å². The molecular formula is C9H10FIN2. The quantitative estimate of drug-likeness (QED) is 0.726. The lowest BCUT2D eigenvalue weighted by Crippen LogP contribution is -2.63. The summed E-state index contributed by atoms with van der Waals surface area (Å²) in [6.07, 6.45) is 6.12. The molecule has 0 radical (unpaired) electrons. The van der Waals surface area contributed by atoms with E-state index in [1.165, 1.54) is 0 Å². The fraction of sp³-hybridized carbons (Fsp3) is 0.667. The first kappa shape index (κ1) is 8.20. The van der Waals surface area contributed by atoms with E-state index in [4.69, 9.17) is 0 Å². The molecule has 2 nitrogen and oxygen atoms in total. The van der Waals surface area contributed by atoms with Crippen LogP contribution in [0.4, 0.5) is 4.39 Å². The number of hydrogen-bond donors (Lipinski definition) is 0.